The van der Waals surface area contributed by atoms with Crippen molar-refractivity contribution in [3.8, 4) is 17.6 Å². The zero-order chi connectivity index (χ0) is 11.5. The van der Waals surface area contributed by atoms with Crippen molar-refractivity contribution in [2.75, 3.05) is 0 Å². The van der Waals surface area contributed by atoms with Gasteiger partial charge in [-0.1, -0.05) is 5.92 Å². The number of hydrogen-bond acceptors (Lipinski definition) is 2. The minimum atomic E-state index is -4.61. The Balaban J connectivity index is 3.33. The maximum atomic E-state index is 12.4. The molecule has 15 heavy (non-hydrogen) atoms. The van der Waals surface area contributed by atoms with Gasteiger partial charge in [-0.2, -0.15) is 13.2 Å². The van der Waals surface area contributed by atoms with Crippen LogP contribution in [0.4, 0.5) is 13.2 Å². The molecule has 0 unspecified atom stereocenters. The maximum Gasteiger partial charge on any atom is 0.417 e. The molecule has 0 bridgehead atoms. The van der Waals surface area contributed by atoms with E-state index < -0.39 is 17.5 Å². The number of aldehydes is 1. The van der Waals surface area contributed by atoms with Gasteiger partial charge in [-0.3, -0.25) is 4.79 Å². The first kappa shape index (κ1) is 11.1. The van der Waals surface area contributed by atoms with Gasteiger partial charge in [-0.15, -0.1) is 0 Å². The molecule has 0 aliphatic rings. The van der Waals surface area contributed by atoms with E-state index in [1.165, 1.54) is 0 Å². The summed E-state index contributed by atoms with van der Waals surface area (Å²) in [4.78, 5) is 9.90. The highest BCUT2D eigenvalue weighted by Gasteiger charge is 2.33. The predicted molar refractivity (Wildman–Crippen MR) is 46.1 cm³/mol. The van der Waals surface area contributed by atoms with Crippen LogP contribution in [-0.2, 0) is 11.0 Å². The monoisotopic (exact) mass is 214 g/mol. The number of rotatable bonds is 0. The summed E-state index contributed by atoms with van der Waals surface area (Å²) >= 11 is 0. The highest BCUT2D eigenvalue weighted by molar-refractivity contribution is 5.74. The van der Waals surface area contributed by atoms with Crippen LogP contribution in [0.25, 0.3) is 0 Å². The van der Waals surface area contributed by atoms with Crippen molar-refractivity contribution in [3.05, 3.63) is 29.3 Å². The summed E-state index contributed by atoms with van der Waals surface area (Å²) in [6, 6.07) is 2.65. The van der Waals surface area contributed by atoms with E-state index in [2.05, 4.69) is 0 Å². The van der Waals surface area contributed by atoms with Gasteiger partial charge in [0, 0.05) is 5.56 Å². The number of benzene rings is 1. The van der Waals surface area contributed by atoms with E-state index in [9.17, 15) is 18.0 Å². The smallest absolute Gasteiger partial charge is 0.417 e. The zero-order valence-electron chi connectivity index (χ0n) is 7.30. The second-order valence-corrected chi connectivity index (χ2v) is 2.61. The normalized spacial score (nSPS) is 10.3. The van der Waals surface area contributed by atoms with Gasteiger partial charge in [0.15, 0.2) is 6.29 Å². The van der Waals surface area contributed by atoms with Crippen molar-refractivity contribution in [3.63, 3.8) is 0 Å². The standard InChI is InChI=1S/C10H5F3O2/c11-10(12,13)9-6-8(15)4-3-7(9)2-1-5-14/h3-6,15H. The molecule has 78 valence electrons. The molecular weight excluding hydrogens is 209 g/mol. The van der Waals surface area contributed by atoms with Crippen LogP contribution in [-0.4, -0.2) is 11.4 Å². The Morgan fingerprint density at radius 2 is 2.00 bits per heavy atom. The molecule has 0 amide bonds. The van der Waals surface area contributed by atoms with Gasteiger partial charge in [0.1, 0.15) is 5.75 Å². The lowest BCUT2D eigenvalue weighted by Crippen LogP contribution is -2.07. The number of alkyl halides is 3. The van der Waals surface area contributed by atoms with E-state index in [1.54, 1.807) is 0 Å². The average molecular weight is 214 g/mol. The number of hydrogen-bond donors (Lipinski definition) is 1. The number of phenolic OH excluding ortho intramolecular Hbond substituents is 1. The SMILES string of the molecule is O=CC#Cc1ccc(O)cc1C(F)(F)F. The van der Waals surface area contributed by atoms with E-state index in [1.807, 2.05) is 11.8 Å². The Morgan fingerprint density at radius 1 is 1.33 bits per heavy atom. The lowest BCUT2D eigenvalue weighted by atomic mass is 10.1. The molecule has 0 saturated heterocycles. The molecule has 1 aromatic carbocycles. The summed E-state index contributed by atoms with van der Waals surface area (Å²) < 4.78 is 37.2. The Morgan fingerprint density at radius 3 is 2.53 bits per heavy atom. The van der Waals surface area contributed by atoms with Crippen molar-refractivity contribution < 1.29 is 23.1 Å². The number of phenols is 1. The molecule has 0 aromatic heterocycles. The first-order valence-corrected chi connectivity index (χ1v) is 3.80. The van der Waals surface area contributed by atoms with Crippen LogP contribution in [0.3, 0.4) is 0 Å². The third-order valence-electron chi connectivity index (χ3n) is 1.57. The van der Waals surface area contributed by atoms with Gasteiger partial charge < -0.3 is 5.11 Å². The van der Waals surface area contributed by atoms with E-state index in [0.717, 1.165) is 12.1 Å². The number of aromatic hydroxyl groups is 1. The molecule has 2 nitrogen and oxygen atoms in total. The molecule has 1 N–H and O–H groups in total. The van der Waals surface area contributed by atoms with Gasteiger partial charge in [-0.05, 0) is 24.1 Å². The van der Waals surface area contributed by atoms with Gasteiger partial charge in [0.05, 0.1) is 5.56 Å². The first-order valence-electron chi connectivity index (χ1n) is 3.80. The third-order valence-corrected chi connectivity index (χ3v) is 1.57. The molecule has 0 radical (unpaired) electrons. The van der Waals surface area contributed by atoms with Crippen LogP contribution in [0.5, 0.6) is 5.75 Å². The maximum absolute atomic E-state index is 12.4. The average Bonchev–Trinajstić information content (AvgIpc) is 2.14. The Labute approximate surface area is 83.3 Å². The molecule has 0 spiro atoms. The lowest BCUT2D eigenvalue weighted by molar-refractivity contribution is -0.137. The molecule has 0 aliphatic heterocycles. The Hall–Kier alpha value is -1.96. The predicted octanol–water partition coefficient (Wildman–Crippen LogP) is 1.96. The van der Waals surface area contributed by atoms with Crippen molar-refractivity contribution in [1.29, 1.82) is 0 Å². The first-order chi connectivity index (χ1) is 6.95. The van der Waals surface area contributed by atoms with Gasteiger partial charge >= 0.3 is 6.18 Å². The van der Waals surface area contributed by atoms with Gasteiger partial charge in [0.2, 0.25) is 0 Å². The quantitative estimate of drug-likeness (QED) is 0.529. The highest BCUT2D eigenvalue weighted by Crippen LogP contribution is 2.33. The van der Waals surface area contributed by atoms with E-state index in [0.29, 0.717) is 6.07 Å². The fourth-order valence-corrected chi connectivity index (χ4v) is 0.983. The minimum Gasteiger partial charge on any atom is -0.508 e. The molecule has 5 heteroatoms. The van der Waals surface area contributed by atoms with Crippen LogP contribution in [0.2, 0.25) is 0 Å². The summed E-state index contributed by atoms with van der Waals surface area (Å²) in [7, 11) is 0. The summed E-state index contributed by atoms with van der Waals surface area (Å²) in [5.41, 5.74) is -1.40. The van der Waals surface area contributed by atoms with Gasteiger partial charge in [-0.25, -0.2) is 0 Å². The molecule has 0 saturated carbocycles. The van der Waals surface area contributed by atoms with Gasteiger partial charge in [0.25, 0.3) is 0 Å². The largest absolute Gasteiger partial charge is 0.508 e. The van der Waals surface area contributed by atoms with E-state index >= 15 is 0 Å². The summed E-state index contributed by atoms with van der Waals surface area (Å²) in [6.07, 6.45) is -4.40. The number of carbonyl (C=O) groups is 1. The number of carbonyl (C=O) groups excluding carboxylic acids is 1. The van der Waals surface area contributed by atoms with Crippen LogP contribution in [0.1, 0.15) is 11.1 Å². The van der Waals surface area contributed by atoms with Crippen molar-refractivity contribution in [1.82, 2.24) is 0 Å². The number of halogens is 3. The molecule has 1 aromatic rings. The molecular formula is C10H5F3O2. The molecule has 0 atom stereocenters. The molecule has 0 fully saturated rings. The van der Waals surface area contributed by atoms with Crippen LogP contribution < -0.4 is 0 Å². The van der Waals surface area contributed by atoms with Crippen LogP contribution in [0, 0.1) is 11.8 Å². The summed E-state index contributed by atoms with van der Waals surface area (Å²) in [6.45, 7) is 0. The highest BCUT2D eigenvalue weighted by atomic mass is 19.4. The third kappa shape index (κ3) is 2.74. The topological polar surface area (TPSA) is 37.3 Å². The van der Waals surface area contributed by atoms with Crippen LogP contribution >= 0.6 is 0 Å². The fourth-order valence-electron chi connectivity index (χ4n) is 0.983. The van der Waals surface area contributed by atoms with Crippen molar-refractivity contribution >= 4 is 6.29 Å². The van der Waals surface area contributed by atoms with Crippen LogP contribution in [0.15, 0.2) is 18.2 Å². The second-order valence-electron chi connectivity index (χ2n) is 2.61. The lowest BCUT2D eigenvalue weighted by Gasteiger charge is -2.08. The minimum absolute atomic E-state index is 0.201. The zero-order valence-corrected chi connectivity index (χ0v) is 7.30. The second kappa shape index (κ2) is 4.05. The molecule has 1 rings (SSSR count). The summed E-state index contributed by atoms with van der Waals surface area (Å²) in [5, 5.41) is 8.91. The Bertz CT molecular complexity index is 438. The Kier molecular flexibility index (Phi) is 3.00. The molecule has 0 heterocycles. The van der Waals surface area contributed by atoms with E-state index in [4.69, 9.17) is 5.11 Å². The van der Waals surface area contributed by atoms with Crippen molar-refractivity contribution in [2.24, 2.45) is 0 Å². The van der Waals surface area contributed by atoms with E-state index in [-0.39, 0.29) is 11.8 Å². The summed E-state index contributed by atoms with van der Waals surface area (Å²) in [5.74, 6) is 3.43. The fraction of sp³-hybridized carbons (Fsp3) is 0.100. The van der Waals surface area contributed by atoms with Crippen molar-refractivity contribution in [2.45, 2.75) is 6.18 Å². The molecule has 0 aliphatic carbocycles.